The molecule has 4 aromatic rings. The van der Waals surface area contributed by atoms with Crippen molar-refractivity contribution < 1.29 is 13.2 Å². The number of anilines is 1. The predicted octanol–water partition coefficient (Wildman–Crippen LogP) is 4.62. The summed E-state index contributed by atoms with van der Waals surface area (Å²) in [6, 6.07) is 17.8. The molecule has 0 saturated carbocycles. The second-order valence-corrected chi connectivity index (χ2v) is 10.2. The summed E-state index contributed by atoms with van der Waals surface area (Å²) in [7, 11) is -4.08. The third-order valence-corrected chi connectivity index (χ3v) is 7.17. The Labute approximate surface area is 194 Å². The monoisotopic (exact) mass is 461 g/mol. The summed E-state index contributed by atoms with van der Waals surface area (Å²) in [5, 5.41) is 0.879. The lowest BCUT2D eigenvalue weighted by Gasteiger charge is -2.16. The van der Waals surface area contributed by atoms with Crippen LogP contribution in [-0.2, 0) is 16.6 Å². The van der Waals surface area contributed by atoms with E-state index in [4.69, 9.17) is 5.73 Å². The minimum atomic E-state index is -4.08. The van der Waals surface area contributed by atoms with Crippen molar-refractivity contribution in [2.45, 2.75) is 39.1 Å². The quantitative estimate of drug-likeness (QED) is 0.424. The van der Waals surface area contributed by atoms with Crippen LogP contribution < -0.4 is 10.5 Å². The molecule has 0 radical (unpaired) electrons. The highest BCUT2D eigenvalue weighted by Gasteiger charge is 2.23. The normalized spacial score (nSPS) is 11.6. The zero-order valence-corrected chi connectivity index (χ0v) is 20.0. The molecule has 3 N–H and O–H groups in total. The van der Waals surface area contributed by atoms with Crippen molar-refractivity contribution in [3.63, 3.8) is 0 Å². The van der Waals surface area contributed by atoms with Gasteiger partial charge >= 0.3 is 0 Å². The molecule has 0 aliphatic heterocycles. The molecule has 0 atom stereocenters. The van der Waals surface area contributed by atoms with Crippen LogP contribution in [-0.4, -0.2) is 18.9 Å². The fourth-order valence-electron chi connectivity index (χ4n) is 4.28. The topological polar surface area (TPSA) is 94.2 Å². The van der Waals surface area contributed by atoms with Crippen LogP contribution in [0.5, 0.6) is 0 Å². The van der Waals surface area contributed by atoms with Gasteiger partial charge in [0.1, 0.15) is 5.69 Å². The summed E-state index contributed by atoms with van der Waals surface area (Å²) in [4.78, 5) is 13.2. The fourth-order valence-corrected chi connectivity index (χ4v) is 5.30. The SMILES string of the molecule is Cc1cc(C)c(Cn2c(C(=O)NS(=O)(=O)c3cccc(N)c3)cc3cc(C)ccc32)c(C)c1. The van der Waals surface area contributed by atoms with Gasteiger partial charge in [0.05, 0.1) is 4.90 Å². The minimum Gasteiger partial charge on any atom is -0.399 e. The number of aromatic nitrogens is 1. The van der Waals surface area contributed by atoms with Crippen LogP contribution in [0.25, 0.3) is 10.9 Å². The number of rotatable bonds is 5. The summed E-state index contributed by atoms with van der Waals surface area (Å²) in [6.45, 7) is 8.59. The van der Waals surface area contributed by atoms with Crippen LogP contribution >= 0.6 is 0 Å². The molecule has 7 heteroatoms. The van der Waals surface area contributed by atoms with E-state index in [9.17, 15) is 13.2 Å². The highest BCUT2D eigenvalue weighted by molar-refractivity contribution is 7.90. The first kappa shape index (κ1) is 22.6. The predicted molar refractivity (Wildman–Crippen MR) is 132 cm³/mol. The van der Waals surface area contributed by atoms with E-state index >= 15 is 0 Å². The molecule has 0 unspecified atom stereocenters. The molecule has 0 fully saturated rings. The van der Waals surface area contributed by atoms with E-state index < -0.39 is 15.9 Å². The van der Waals surface area contributed by atoms with Crippen LogP contribution in [0, 0.1) is 27.7 Å². The number of benzene rings is 3. The average molecular weight is 462 g/mol. The number of carbonyl (C=O) groups excluding carboxylic acids is 1. The Balaban J connectivity index is 1.80. The molecule has 4 rings (SSSR count). The Morgan fingerprint density at radius 3 is 2.27 bits per heavy atom. The maximum Gasteiger partial charge on any atom is 0.281 e. The number of nitrogens with one attached hydrogen (secondary N) is 1. The molecule has 1 aromatic heterocycles. The number of sulfonamides is 1. The molecular formula is C26H27N3O3S. The molecule has 1 heterocycles. The van der Waals surface area contributed by atoms with Gasteiger partial charge in [-0.2, -0.15) is 0 Å². The number of hydrogen-bond donors (Lipinski definition) is 2. The van der Waals surface area contributed by atoms with Crippen molar-refractivity contribution in [2.24, 2.45) is 0 Å². The Kier molecular flexibility index (Phi) is 5.76. The number of amides is 1. The molecule has 3 aromatic carbocycles. The molecule has 6 nitrogen and oxygen atoms in total. The number of aryl methyl sites for hydroxylation is 4. The van der Waals surface area contributed by atoms with E-state index in [-0.39, 0.29) is 10.6 Å². The molecule has 1 amide bonds. The van der Waals surface area contributed by atoms with Crippen LogP contribution in [0.2, 0.25) is 0 Å². The standard InChI is InChI=1S/C26H27N3O3S/c1-16-8-9-24-20(12-16)13-25(29(24)15-23-18(3)10-17(2)11-19(23)4)26(30)28-33(31,32)22-7-5-6-21(27)14-22/h5-14H,15,27H2,1-4H3,(H,28,30). The van der Waals surface area contributed by atoms with Crippen molar-refractivity contribution >= 4 is 32.5 Å². The molecule has 0 aliphatic carbocycles. The number of fused-ring (bicyclic) bond motifs is 1. The van der Waals surface area contributed by atoms with Crippen molar-refractivity contribution in [1.82, 2.24) is 9.29 Å². The molecule has 0 spiro atoms. The number of nitrogens with zero attached hydrogens (tertiary/aromatic N) is 1. The maximum atomic E-state index is 13.3. The van der Waals surface area contributed by atoms with E-state index in [1.807, 2.05) is 29.7 Å². The zero-order valence-electron chi connectivity index (χ0n) is 19.1. The molecule has 0 bridgehead atoms. The molecule has 0 aliphatic rings. The number of nitrogen functional groups attached to an aromatic ring is 1. The van der Waals surface area contributed by atoms with Gasteiger partial charge in [0.25, 0.3) is 15.9 Å². The lowest BCUT2D eigenvalue weighted by molar-refractivity contribution is 0.0973. The second kappa shape index (κ2) is 8.41. The Morgan fingerprint density at radius 2 is 1.61 bits per heavy atom. The Bertz CT molecular complexity index is 1480. The van der Waals surface area contributed by atoms with Gasteiger partial charge in [-0.1, -0.05) is 35.4 Å². The largest absolute Gasteiger partial charge is 0.399 e. The van der Waals surface area contributed by atoms with Crippen LogP contribution in [0.1, 0.15) is 38.3 Å². The van der Waals surface area contributed by atoms with Gasteiger partial charge in [-0.3, -0.25) is 4.79 Å². The summed E-state index contributed by atoms with van der Waals surface area (Å²) in [5.74, 6) is -0.686. The van der Waals surface area contributed by atoms with Crippen LogP contribution in [0.15, 0.2) is 65.6 Å². The number of hydrogen-bond acceptors (Lipinski definition) is 4. The van der Waals surface area contributed by atoms with E-state index in [1.54, 1.807) is 12.1 Å². The van der Waals surface area contributed by atoms with Crippen molar-refractivity contribution in [2.75, 3.05) is 5.73 Å². The smallest absolute Gasteiger partial charge is 0.281 e. The van der Waals surface area contributed by atoms with E-state index in [0.717, 1.165) is 33.2 Å². The van der Waals surface area contributed by atoms with Crippen molar-refractivity contribution in [1.29, 1.82) is 0 Å². The van der Waals surface area contributed by atoms with Gasteiger partial charge in [-0.05, 0) is 80.8 Å². The fraction of sp³-hybridized carbons (Fsp3) is 0.192. The van der Waals surface area contributed by atoms with E-state index in [2.05, 4.69) is 37.6 Å². The summed E-state index contributed by atoms with van der Waals surface area (Å²) >= 11 is 0. The van der Waals surface area contributed by atoms with E-state index in [1.165, 1.54) is 23.8 Å². The molecular weight excluding hydrogens is 434 g/mol. The summed E-state index contributed by atoms with van der Waals surface area (Å²) in [5.41, 5.74) is 12.8. The highest BCUT2D eigenvalue weighted by atomic mass is 32.2. The highest BCUT2D eigenvalue weighted by Crippen LogP contribution is 2.26. The summed E-state index contributed by atoms with van der Waals surface area (Å²) < 4.78 is 29.8. The number of carbonyl (C=O) groups is 1. The molecule has 170 valence electrons. The Morgan fingerprint density at radius 1 is 0.909 bits per heavy atom. The average Bonchev–Trinajstić information content (AvgIpc) is 3.08. The van der Waals surface area contributed by atoms with Gasteiger partial charge in [0.2, 0.25) is 0 Å². The second-order valence-electron chi connectivity index (χ2n) is 8.56. The Hall–Kier alpha value is -3.58. The van der Waals surface area contributed by atoms with Gasteiger partial charge in [-0.15, -0.1) is 0 Å². The third-order valence-electron chi connectivity index (χ3n) is 5.84. The van der Waals surface area contributed by atoms with Crippen molar-refractivity contribution in [3.8, 4) is 0 Å². The summed E-state index contributed by atoms with van der Waals surface area (Å²) in [6.07, 6.45) is 0. The zero-order chi connectivity index (χ0) is 23.9. The van der Waals surface area contributed by atoms with Gasteiger partial charge < -0.3 is 10.3 Å². The minimum absolute atomic E-state index is 0.0559. The van der Waals surface area contributed by atoms with E-state index in [0.29, 0.717) is 12.2 Å². The van der Waals surface area contributed by atoms with Crippen LogP contribution in [0.3, 0.4) is 0 Å². The van der Waals surface area contributed by atoms with Gasteiger partial charge in [-0.25, -0.2) is 13.1 Å². The maximum absolute atomic E-state index is 13.3. The third kappa shape index (κ3) is 4.50. The first-order valence-electron chi connectivity index (χ1n) is 10.6. The lowest BCUT2D eigenvalue weighted by atomic mass is 9.99. The lowest BCUT2D eigenvalue weighted by Crippen LogP contribution is -2.32. The van der Waals surface area contributed by atoms with Crippen molar-refractivity contribution in [3.05, 3.63) is 94.2 Å². The van der Waals surface area contributed by atoms with Crippen LogP contribution in [0.4, 0.5) is 5.69 Å². The van der Waals surface area contributed by atoms with Gasteiger partial charge in [0, 0.05) is 23.1 Å². The van der Waals surface area contributed by atoms with Gasteiger partial charge in [0.15, 0.2) is 0 Å². The number of nitrogens with two attached hydrogens (primary N) is 1. The first-order valence-corrected chi connectivity index (χ1v) is 12.1. The molecule has 0 saturated heterocycles. The molecule has 33 heavy (non-hydrogen) atoms. The first-order chi connectivity index (χ1) is 15.5.